The summed E-state index contributed by atoms with van der Waals surface area (Å²) in [6, 6.07) is 2.16. The number of ether oxygens (including phenoxy) is 1. The van der Waals surface area contributed by atoms with Crippen LogP contribution < -0.4 is 10.1 Å². The molecule has 1 heterocycles. The maximum Gasteiger partial charge on any atom is 0.218 e. The molecular weight excluding hydrogens is 190 g/mol. The Labute approximate surface area is 91.1 Å². The van der Waals surface area contributed by atoms with E-state index in [2.05, 4.69) is 43.0 Å². The molecule has 0 spiro atoms. The highest BCUT2D eigenvalue weighted by molar-refractivity contribution is 5.39. The van der Waals surface area contributed by atoms with E-state index in [1.807, 2.05) is 6.07 Å². The highest BCUT2D eigenvalue weighted by Gasteiger charge is 2.08. The second kappa shape index (κ2) is 4.96. The summed E-state index contributed by atoms with van der Waals surface area (Å²) >= 11 is 0. The molecule has 0 aliphatic rings. The Bertz CT molecular complexity index is 324. The van der Waals surface area contributed by atoms with Gasteiger partial charge in [-0.3, -0.25) is 0 Å². The third-order valence-corrected chi connectivity index (χ3v) is 1.88. The molecule has 84 valence electrons. The second-order valence-electron chi connectivity index (χ2n) is 4.11. The Morgan fingerprint density at radius 2 is 1.87 bits per heavy atom. The predicted molar refractivity (Wildman–Crippen MR) is 61.4 cm³/mol. The van der Waals surface area contributed by atoms with Gasteiger partial charge in [-0.2, -0.15) is 4.98 Å². The molecule has 0 unspecified atom stereocenters. The van der Waals surface area contributed by atoms with Crippen molar-refractivity contribution in [1.82, 2.24) is 9.97 Å². The Balaban J connectivity index is 3.00. The zero-order valence-corrected chi connectivity index (χ0v) is 10.0. The summed E-state index contributed by atoms with van der Waals surface area (Å²) in [5.74, 6) is 2.53. The molecule has 0 bridgehead atoms. The molecule has 0 saturated carbocycles. The molecule has 0 aliphatic heterocycles. The van der Waals surface area contributed by atoms with Crippen molar-refractivity contribution < 1.29 is 4.74 Å². The van der Waals surface area contributed by atoms with Gasteiger partial charge in [-0.15, -0.1) is 0 Å². The molecule has 0 radical (unpaired) electrons. The summed E-state index contributed by atoms with van der Waals surface area (Å²) in [7, 11) is 1.62. The summed E-state index contributed by atoms with van der Waals surface area (Å²) in [6.07, 6.45) is 0. The fraction of sp³-hybridized carbons (Fsp3) is 0.636. The number of nitrogens with zero attached hydrogens (tertiary/aromatic N) is 2. The topological polar surface area (TPSA) is 47.0 Å². The summed E-state index contributed by atoms with van der Waals surface area (Å²) in [5, 5.41) is 3.24. The first-order valence-electron chi connectivity index (χ1n) is 5.22. The Hall–Kier alpha value is -1.32. The first-order valence-corrected chi connectivity index (χ1v) is 5.22. The molecule has 0 saturated heterocycles. The smallest absolute Gasteiger partial charge is 0.218 e. The summed E-state index contributed by atoms with van der Waals surface area (Å²) in [4.78, 5) is 8.70. The van der Waals surface area contributed by atoms with Crippen LogP contribution in [0.25, 0.3) is 0 Å². The van der Waals surface area contributed by atoms with Crippen molar-refractivity contribution in [3.8, 4) is 5.88 Å². The molecule has 0 fully saturated rings. The van der Waals surface area contributed by atoms with Crippen LogP contribution in [-0.4, -0.2) is 23.1 Å². The van der Waals surface area contributed by atoms with E-state index in [0.29, 0.717) is 17.8 Å². The molecule has 0 aliphatic carbocycles. The van der Waals surface area contributed by atoms with Gasteiger partial charge in [0.2, 0.25) is 5.88 Å². The van der Waals surface area contributed by atoms with E-state index < -0.39 is 0 Å². The minimum Gasteiger partial charge on any atom is -0.481 e. The van der Waals surface area contributed by atoms with Crippen LogP contribution in [0.3, 0.4) is 0 Å². The van der Waals surface area contributed by atoms with Crippen molar-refractivity contribution in [3.63, 3.8) is 0 Å². The zero-order valence-electron chi connectivity index (χ0n) is 10.0. The highest BCUT2D eigenvalue weighted by Crippen LogP contribution is 2.18. The zero-order chi connectivity index (χ0) is 11.4. The summed E-state index contributed by atoms with van der Waals surface area (Å²) in [5.41, 5.74) is 0. The van der Waals surface area contributed by atoms with E-state index >= 15 is 0 Å². The highest BCUT2D eigenvalue weighted by atomic mass is 16.5. The molecule has 0 atom stereocenters. The largest absolute Gasteiger partial charge is 0.481 e. The fourth-order valence-corrected chi connectivity index (χ4v) is 1.18. The van der Waals surface area contributed by atoms with Gasteiger partial charge in [0.25, 0.3) is 0 Å². The van der Waals surface area contributed by atoms with Crippen LogP contribution in [0, 0.1) is 0 Å². The van der Waals surface area contributed by atoms with E-state index in [4.69, 9.17) is 4.74 Å². The summed E-state index contributed by atoms with van der Waals surface area (Å²) < 4.78 is 5.14. The van der Waals surface area contributed by atoms with Crippen LogP contribution in [0.4, 0.5) is 5.82 Å². The van der Waals surface area contributed by atoms with Gasteiger partial charge in [-0.1, -0.05) is 13.8 Å². The molecular formula is C11H19N3O. The molecule has 1 aromatic rings. The van der Waals surface area contributed by atoms with E-state index in [1.165, 1.54) is 0 Å². The molecule has 0 amide bonds. The Morgan fingerprint density at radius 1 is 1.20 bits per heavy atom. The van der Waals surface area contributed by atoms with Crippen molar-refractivity contribution in [2.45, 2.75) is 39.7 Å². The number of hydrogen-bond donors (Lipinski definition) is 1. The predicted octanol–water partition coefficient (Wildman–Crippen LogP) is 2.43. The van der Waals surface area contributed by atoms with Crippen molar-refractivity contribution >= 4 is 5.82 Å². The average Bonchev–Trinajstić information content (AvgIpc) is 2.16. The van der Waals surface area contributed by atoms with Crippen LogP contribution in [-0.2, 0) is 0 Å². The minimum absolute atomic E-state index is 0.299. The van der Waals surface area contributed by atoms with Crippen LogP contribution in [0.15, 0.2) is 6.07 Å². The van der Waals surface area contributed by atoms with E-state index in [9.17, 15) is 0 Å². The molecule has 4 heteroatoms. The molecule has 15 heavy (non-hydrogen) atoms. The molecule has 1 N–H and O–H groups in total. The van der Waals surface area contributed by atoms with E-state index in [-0.39, 0.29) is 0 Å². The molecule has 1 aromatic heterocycles. The Morgan fingerprint density at radius 3 is 2.33 bits per heavy atom. The lowest BCUT2D eigenvalue weighted by molar-refractivity contribution is 0.394. The van der Waals surface area contributed by atoms with Crippen molar-refractivity contribution in [2.24, 2.45) is 0 Å². The third kappa shape index (κ3) is 3.38. The van der Waals surface area contributed by atoms with Crippen molar-refractivity contribution in [2.75, 3.05) is 12.4 Å². The van der Waals surface area contributed by atoms with Gasteiger partial charge in [-0.25, -0.2) is 4.98 Å². The maximum atomic E-state index is 5.14. The van der Waals surface area contributed by atoms with E-state index in [0.717, 1.165) is 11.6 Å². The van der Waals surface area contributed by atoms with Gasteiger partial charge in [0.15, 0.2) is 0 Å². The standard InChI is InChI=1S/C11H19N3O/c1-7(2)11-13-9(12-8(3)4)6-10(14-11)15-5/h6-8H,1-5H3,(H,12,13,14). The minimum atomic E-state index is 0.299. The monoisotopic (exact) mass is 209 g/mol. The third-order valence-electron chi connectivity index (χ3n) is 1.88. The fourth-order valence-electron chi connectivity index (χ4n) is 1.18. The summed E-state index contributed by atoms with van der Waals surface area (Å²) in [6.45, 7) is 8.27. The van der Waals surface area contributed by atoms with Gasteiger partial charge in [-0.05, 0) is 13.8 Å². The van der Waals surface area contributed by atoms with Gasteiger partial charge >= 0.3 is 0 Å². The maximum absolute atomic E-state index is 5.14. The number of methoxy groups -OCH3 is 1. The number of hydrogen-bond acceptors (Lipinski definition) is 4. The molecule has 0 aromatic carbocycles. The number of rotatable bonds is 4. The number of anilines is 1. The van der Waals surface area contributed by atoms with Gasteiger partial charge in [0, 0.05) is 18.0 Å². The Kier molecular flexibility index (Phi) is 3.88. The van der Waals surface area contributed by atoms with Gasteiger partial charge in [0.1, 0.15) is 11.6 Å². The van der Waals surface area contributed by atoms with Crippen molar-refractivity contribution in [1.29, 1.82) is 0 Å². The quantitative estimate of drug-likeness (QED) is 0.827. The SMILES string of the molecule is COc1cc(NC(C)C)nc(C(C)C)n1. The van der Waals surface area contributed by atoms with Crippen LogP contribution in [0.2, 0.25) is 0 Å². The number of aromatic nitrogens is 2. The lowest BCUT2D eigenvalue weighted by Crippen LogP contribution is -2.13. The normalized spacial score (nSPS) is 10.9. The van der Waals surface area contributed by atoms with Gasteiger partial charge in [0.05, 0.1) is 7.11 Å². The second-order valence-corrected chi connectivity index (χ2v) is 4.11. The number of nitrogens with one attached hydrogen (secondary N) is 1. The van der Waals surface area contributed by atoms with Crippen molar-refractivity contribution in [3.05, 3.63) is 11.9 Å². The average molecular weight is 209 g/mol. The molecule has 1 rings (SSSR count). The lowest BCUT2D eigenvalue weighted by atomic mass is 10.2. The van der Waals surface area contributed by atoms with Gasteiger partial charge < -0.3 is 10.1 Å². The lowest BCUT2D eigenvalue weighted by Gasteiger charge is -2.12. The molecule has 4 nitrogen and oxygen atoms in total. The van der Waals surface area contributed by atoms with Crippen LogP contribution in [0.1, 0.15) is 39.4 Å². The van der Waals surface area contributed by atoms with E-state index in [1.54, 1.807) is 7.11 Å². The van der Waals surface area contributed by atoms with Crippen LogP contribution in [0.5, 0.6) is 5.88 Å². The first-order chi connectivity index (χ1) is 7.02. The first kappa shape index (κ1) is 11.8. The van der Waals surface area contributed by atoms with Crippen LogP contribution >= 0.6 is 0 Å².